The molecule has 0 aliphatic carbocycles. The van der Waals surface area contributed by atoms with E-state index in [0.29, 0.717) is 30.2 Å². The summed E-state index contributed by atoms with van der Waals surface area (Å²) < 4.78 is 6.01. The van der Waals surface area contributed by atoms with E-state index < -0.39 is 23.5 Å². The van der Waals surface area contributed by atoms with Gasteiger partial charge in [-0.15, -0.1) is 0 Å². The Kier molecular flexibility index (Phi) is 8.54. The largest absolute Gasteiger partial charge is 0.503 e. The number of likely N-dealkylation sites (N-methyl/N-ethyl adjacent to an activating group) is 1. The number of ketones is 1. The number of benzene rings is 3. The minimum atomic E-state index is -0.727. The van der Waals surface area contributed by atoms with Crippen LogP contribution in [0.5, 0.6) is 11.5 Å². The molecule has 3 aromatic rings. The zero-order chi connectivity index (χ0) is 26.2. The Balaban J connectivity index is 1.68. The molecule has 1 N–H and O–H groups in total. The smallest absolute Gasteiger partial charge is 0.290 e. The van der Waals surface area contributed by atoms with Crippen LogP contribution in [-0.4, -0.2) is 52.8 Å². The molecule has 0 radical (unpaired) electrons. The lowest BCUT2D eigenvalue weighted by Crippen LogP contribution is -2.38. The van der Waals surface area contributed by atoms with Gasteiger partial charge in [-0.25, -0.2) is 0 Å². The van der Waals surface area contributed by atoms with Gasteiger partial charge in [0.25, 0.3) is 5.91 Å². The first kappa shape index (κ1) is 25.9. The number of aliphatic hydroxyl groups is 1. The molecule has 1 unspecified atom stereocenters. The summed E-state index contributed by atoms with van der Waals surface area (Å²) >= 11 is 0. The van der Waals surface area contributed by atoms with Crippen LogP contribution in [0, 0.1) is 0 Å². The van der Waals surface area contributed by atoms with E-state index in [2.05, 4.69) is 18.7 Å². The van der Waals surface area contributed by atoms with Crippen molar-refractivity contribution in [1.82, 2.24) is 9.80 Å². The molecule has 1 atom stereocenters. The molecular formula is C31H32N2O4. The molecule has 0 bridgehead atoms. The molecule has 1 heterocycles. The number of hydrogen-bond donors (Lipinski definition) is 1. The van der Waals surface area contributed by atoms with Crippen LogP contribution in [0.4, 0.5) is 0 Å². The van der Waals surface area contributed by atoms with Gasteiger partial charge in [0.1, 0.15) is 11.5 Å². The first-order valence-electron chi connectivity index (χ1n) is 12.6. The molecule has 1 aliphatic rings. The van der Waals surface area contributed by atoms with Crippen molar-refractivity contribution in [2.24, 2.45) is 0 Å². The quantitative estimate of drug-likeness (QED) is 0.340. The molecule has 0 fully saturated rings. The van der Waals surface area contributed by atoms with Crippen molar-refractivity contribution in [2.75, 3.05) is 26.2 Å². The van der Waals surface area contributed by atoms with Gasteiger partial charge >= 0.3 is 0 Å². The van der Waals surface area contributed by atoms with Crippen molar-refractivity contribution in [3.05, 3.63) is 113 Å². The van der Waals surface area contributed by atoms with Crippen LogP contribution in [0.2, 0.25) is 0 Å². The van der Waals surface area contributed by atoms with E-state index in [-0.39, 0.29) is 5.57 Å². The number of amides is 1. The summed E-state index contributed by atoms with van der Waals surface area (Å²) in [5, 5.41) is 10.9. The normalized spacial score (nSPS) is 15.7. The van der Waals surface area contributed by atoms with Gasteiger partial charge in [0.2, 0.25) is 0 Å². The van der Waals surface area contributed by atoms with Crippen molar-refractivity contribution in [3.63, 3.8) is 0 Å². The summed E-state index contributed by atoms with van der Waals surface area (Å²) in [5.41, 5.74) is 1.63. The van der Waals surface area contributed by atoms with E-state index in [0.717, 1.165) is 18.7 Å². The Morgan fingerprint density at radius 1 is 0.946 bits per heavy atom. The van der Waals surface area contributed by atoms with E-state index >= 15 is 0 Å². The topological polar surface area (TPSA) is 70.1 Å². The summed E-state index contributed by atoms with van der Waals surface area (Å²) in [7, 11) is 0. The van der Waals surface area contributed by atoms with Crippen LogP contribution in [0.1, 0.15) is 31.0 Å². The van der Waals surface area contributed by atoms with E-state index in [9.17, 15) is 14.7 Å². The SMILES string of the molecule is CCN(CC)CCN1C(=O)C(O)=C(C(=O)/C=C/c2ccccc2)C1c1cccc(Oc2ccccc2)c1. The maximum Gasteiger partial charge on any atom is 0.290 e. The van der Waals surface area contributed by atoms with E-state index in [1.54, 1.807) is 11.0 Å². The van der Waals surface area contributed by atoms with Crippen LogP contribution in [-0.2, 0) is 9.59 Å². The zero-order valence-electron chi connectivity index (χ0n) is 21.2. The van der Waals surface area contributed by atoms with Gasteiger partial charge < -0.3 is 19.6 Å². The zero-order valence-corrected chi connectivity index (χ0v) is 21.2. The Labute approximate surface area is 218 Å². The van der Waals surface area contributed by atoms with Crippen LogP contribution < -0.4 is 4.74 Å². The van der Waals surface area contributed by atoms with E-state index in [1.165, 1.54) is 6.08 Å². The van der Waals surface area contributed by atoms with Crippen molar-refractivity contribution < 1.29 is 19.4 Å². The highest BCUT2D eigenvalue weighted by molar-refractivity contribution is 6.14. The molecule has 6 nitrogen and oxygen atoms in total. The first-order valence-corrected chi connectivity index (χ1v) is 12.6. The van der Waals surface area contributed by atoms with Gasteiger partial charge in [-0.2, -0.15) is 0 Å². The summed E-state index contributed by atoms with van der Waals surface area (Å²) in [6.07, 6.45) is 3.11. The van der Waals surface area contributed by atoms with Crippen molar-refractivity contribution in [2.45, 2.75) is 19.9 Å². The molecular weight excluding hydrogens is 464 g/mol. The Bertz CT molecular complexity index is 1280. The molecule has 0 saturated carbocycles. The second kappa shape index (κ2) is 12.2. The average Bonchev–Trinajstić information content (AvgIpc) is 3.19. The van der Waals surface area contributed by atoms with Crippen LogP contribution in [0.3, 0.4) is 0 Å². The average molecular weight is 497 g/mol. The summed E-state index contributed by atoms with van der Waals surface area (Å²) in [6, 6.07) is 25.5. The first-order chi connectivity index (χ1) is 18.0. The summed E-state index contributed by atoms with van der Waals surface area (Å²) in [4.78, 5) is 30.4. The lowest BCUT2D eigenvalue weighted by atomic mass is 9.95. The fourth-order valence-corrected chi connectivity index (χ4v) is 4.47. The van der Waals surface area contributed by atoms with Gasteiger partial charge in [0.05, 0.1) is 11.6 Å². The third-order valence-corrected chi connectivity index (χ3v) is 6.50. The predicted octanol–water partition coefficient (Wildman–Crippen LogP) is 5.80. The number of hydrogen-bond acceptors (Lipinski definition) is 5. The van der Waals surface area contributed by atoms with Gasteiger partial charge in [0, 0.05) is 13.1 Å². The number of aliphatic hydroxyl groups excluding tert-OH is 1. The molecule has 6 heteroatoms. The second-order valence-corrected chi connectivity index (χ2v) is 8.79. The van der Waals surface area contributed by atoms with Crippen molar-refractivity contribution in [1.29, 1.82) is 0 Å². The van der Waals surface area contributed by atoms with Gasteiger partial charge in [-0.3, -0.25) is 9.59 Å². The monoisotopic (exact) mass is 496 g/mol. The maximum atomic E-state index is 13.4. The number of carbonyl (C=O) groups excluding carboxylic acids is 2. The fraction of sp³-hybridized carbons (Fsp3) is 0.226. The highest BCUT2D eigenvalue weighted by atomic mass is 16.5. The molecule has 1 amide bonds. The molecule has 0 spiro atoms. The number of nitrogens with zero attached hydrogens (tertiary/aromatic N) is 2. The molecule has 3 aromatic carbocycles. The minimum Gasteiger partial charge on any atom is -0.503 e. The van der Waals surface area contributed by atoms with Gasteiger partial charge in [0.15, 0.2) is 11.5 Å². The van der Waals surface area contributed by atoms with E-state index in [1.807, 2.05) is 84.9 Å². The number of rotatable bonds is 11. The maximum absolute atomic E-state index is 13.4. The lowest BCUT2D eigenvalue weighted by Gasteiger charge is -2.29. The number of carbonyl (C=O) groups is 2. The second-order valence-electron chi connectivity index (χ2n) is 8.79. The highest BCUT2D eigenvalue weighted by Crippen LogP contribution is 2.39. The number of allylic oxidation sites excluding steroid dienone is 1. The standard InChI is InChI=1S/C31H32N2O4/c1-3-32(4-2)20-21-33-29(24-14-11-17-26(22-24)37-25-15-9-6-10-16-25)28(30(35)31(33)36)27(34)19-18-23-12-7-5-8-13-23/h5-19,22,29,35H,3-4,20-21H2,1-2H3/b19-18+. The fourth-order valence-electron chi connectivity index (χ4n) is 4.47. The van der Waals surface area contributed by atoms with Crippen molar-refractivity contribution in [3.8, 4) is 11.5 Å². The molecule has 4 rings (SSSR count). The van der Waals surface area contributed by atoms with Gasteiger partial charge in [-0.1, -0.05) is 80.6 Å². The lowest BCUT2D eigenvalue weighted by molar-refractivity contribution is -0.129. The van der Waals surface area contributed by atoms with Crippen LogP contribution in [0.15, 0.2) is 102 Å². The van der Waals surface area contributed by atoms with E-state index in [4.69, 9.17) is 4.74 Å². The number of para-hydroxylation sites is 1. The molecule has 37 heavy (non-hydrogen) atoms. The summed E-state index contributed by atoms with van der Waals surface area (Å²) in [5.74, 6) is -0.178. The third-order valence-electron chi connectivity index (χ3n) is 6.50. The Hall–Kier alpha value is -4.16. The predicted molar refractivity (Wildman–Crippen MR) is 145 cm³/mol. The minimum absolute atomic E-state index is 0.0774. The van der Waals surface area contributed by atoms with Crippen molar-refractivity contribution >= 4 is 17.8 Å². The van der Waals surface area contributed by atoms with Gasteiger partial charge in [-0.05, 0) is 54.6 Å². The third kappa shape index (κ3) is 6.16. The number of ether oxygens (including phenoxy) is 1. The Morgan fingerprint density at radius 3 is 2.27 bits per heavy atom. The molecule has 0 aromatic heterocycles. The summed E-state index contributed by atoms with van der Waals surface area (Å²) in [6.45, 7) is 6.82. The molecule has 1 aliphatic heterocycles. The van der Waals surface area contributed by atoms with Crippen LogP contribution in [0.25, 0.3) is 6.08 Å². The van der Waals surface area contributed by atoms with Crippen LogP contribution >= 0.6 is 0 Å². The molecule has 0 saturated heterocycles. The Morgan fingerprint density at radius 2 is 1.59 bits per heavy atom. The highest BCUT2D eigenvalue weighted by Gasteiger charge is 2.42. The molecule has 190 valence electrons.